The van der Waals surface area contributed by atoms with Gasteiger partial charge in [-0.3, -0.25) is 0 Å². The summed E-state index contributed by atoms with van der Waals surface area (Å²) in [6, 6.07) is 1.09. The SMILES string of the molecule is CCC1CC(NC2CCCC2)CN(C(=O)OC(C)(C)C)C1. The molecule has 0 spiro atoms. The quantitative estimate of drug-likeness (QED) is 0.866. The smallest absolute Gasteiger partial charge is 0.410 e. The molecule has 21 heavy (non-hydrogen) atoms. The van der Waals surface area contributed by atoms with Crippen LogP contribution in [0.1, 0.15) is 66.2 Å². The molecule has 0 radical (unpaired) electrons. The van der Waals surface area contributed by atoms with E-state index in [2.05, 4.69) is 12.2 Å². The lowest BCUT2D eigenvalue weighted by Gasteiger charge is -2.39. The molecule has 2 unspecified atom stereocenters. The van der Waals surface area contributed by atoms with Crippen molar-refractivity contribution in [3.05, 3.63) is 0 Å². The predicted molar refractivity (Wildman–Crippen MR) is 85.4 cm³/mol. The van der Waals surface area contributed by atoms with Crippen LogP contribution in [0.2, 0.25) is 0 Å². The largest absolute Gasteiger partial charge is 0.444 e. The molecule has 2 rings (SSSR count). The van der Waals surface area contributed by atoms with Crippen molar-refractivity contribution in [3.8, 4) is 0 Å². The summed E-state index contributed by atoms with van der Waals surface area (Å²) < 4.78 is 5.55. The topological polar surface area (TPSA) is 41.6 Å². The molecule has 2 fully saturated rings. The molecule has 122 valence electrons. The first kappa shape index (κ1) is 16.6. The number of amides is 1. The first-order valence-electron chi connectivity index (χ1n) is 8.61. The Labute approximate surface area is 129 Å². The summed E-state index contributed by atoms with van der Waals surface area (Å²) in [7, 11) is 0. The van der Waals surface area contributed by atoms with Crippen LogP contribution in [0, 0.1) is 5.92 Å². The highest BCUT2D eigenvalue weighted by Crippen LogP contribution is 2.25. The van der Waals surface area contributed by atoms with Gasteiger partial charge in [0.05, 0.1) is 0 Å². The van der Waals surface area contributed by atoms with Crippen LogP contribution >= 0.6 is 0 Å². The molecule has 2 atom stereocenters. The van der Waals surface area contributed by atoms with Crippen molar-refractivity contribution in [2.75, 3.05) is 13.1 Å². The molecule has 0 aromatic carbocycles. The molecule has 1 saturated carbocycles. The lowest BCUT2D eigenvalue weighted by molar-refractivity contribution is 0.0119. The molecule has 1 aliphatic heterocycles. The van der Waals surface area contributed by atoms with Crippen molar-refractivity contribution in [2.24, 2.45) is 5.92 Å². The molecule has 1 heterocycles. The molecule has 1 amide bonds. The average Bonchev–Trinajstić information content (AvgIpc) is 2.89. The van der Waals surface area contributed by atoms with Crippen molar-refractivity contribution in [1.82, 2.24) is 10.2 Å². The monoisotopic (exact) mass is 296 g/mol. The Morgan fingerprint density at radius 2 is 1.86 bits per heavy atom. The van der Waals surface area contributed by atoms with Crippen molar-refractivity contribution in [1.29, 1.82) is 0 Å². The molecule has 4 heteroatoms. The molecule has 0 aromatic heterocycles. The zero-order valence-corrected chi connectivity index (χ0v) is 14.2. The maximum atomic E-state index is 12.3. The molecule has 0 aromatic rings. The van der Waals surface area contributed by atoms with Gasteiger partial charge in [-0.15, -0.1) is 0 Å². The number of carbonyl (C=O) groups excluding carboxylic acids is 1. The Balaban J connectivity index is 1.92. The highest BCUT2D eigenvalue weighted by atomic mass is 16.6. The van der Waals surface area contributed by atoms with Crippen LogP contribution in [0.3, 0.4) is 0 Å². The minimum Gasteiger partial charge on any atom is -0.444 e. The van der Waals surface area contributed by atoms with Crippen LogP contribution in [0.4, 0.5) is 4.79 Å². The van der Waals surface area contributed by atoms with E-state index in [0.29, 0.717) is 18.0 Å². The fourth-order valence-electron chi connectivity index (χ4n) is 3.52. The second kappa shape index (κ2) is 6.99. The van der Waals surface area contributed by atoms with Gasteiger partial charge in [0.15, 0.2) is 0 Å². The van der Waals surface area contributed by atoms with E-state index in [1.54, 1.807) is 0 Å². The molecule has 1 aliphatic carbocycles. The minimum atomic E-state index is -0.412. The van der Waals surface area contributed by atoms with Crippen LogP contribution in [0.5, 0.6) is 0 Å². The maximum Gasteiger partial charge on any atom is 0.410 e. The van der Waals surface area contributed by atoms with E-state index in [1.807, 2.05) is 25.7 Å². The number of hydrogen-bond acceptors (Lipinski definition) is 3. The molecule has 2 aliphatic rings. The summed E-state index contributed by atoms with van der Waals surface area (Å²) >= 11 is 0. The van der Waals surface area contributed by atoms with Crippen LogP contribution in [-0.4, -0.2) is 41.8 Å². The zero-order chi connectivity index (χ0) is 15.5. The van der Waals surface area contributed by atoms with E-state index in [0.717, 1.165) is 19.5 Å². The van der Waals surface area contributed by atoms with Gasteiger partial charge in [0.25, 0.3) is 0 Å². The minimum absolute atomic E-state index is 0.154. The maximum absolute atomic E-state index is 12.3. The third-order valence-electron chi connectivity index (χ3n) is 4.59. The zero-order valence-electron chi connectivity index (χ0n) is 14.2. The van der Waals surface area contributed by atoms with E-state index >= 15 is 0 Å². The highest BCUT2D eigenvalue weighted by Gasteiger charge is 2.33. The van der Waals surface area contributed by atoms with E-state index in [-0.39, 0.29) is 6.09 Å². The van der Waals surface area contributed by atoms with E-state index in [1.165, 1.54) is 32.1 Å². The van der Waals surface area contributed by atoms with Crippen LogP contribution < -0.4 is 5.32 Å². The average molecular weight is 296 g/mol. The van der Waals surface area contributed by atoms with Gasteiger partial charge in [0.1, 0.15) is 5.60 Å². The van der Waals surface area contributed by atoms with Crippen molar-refractivity contribution in [2.45, 2.75) is 83.9 Å². The number of piperidine rings is 1. The lowest BCUT2D eigenvalue weighted by Crippen LogP contribution is -2.53. The van der Waals surface area contributed by atoms with Crippen LogP contribution in [0.25, 0.3) is 0 Å². The fourth-order valence-corrected chi connectivity index (χ4v) is 3.52. The highest BCUT2D eigenvalue weighted by molar-refractivity contribution is 5.68. The number of ether oxygens (including phenoxy) is 1. The van der Waals surface area contributed by atoms with E-state index in [4.69, 9.17) is 4.74 Å². The second-order valence-electron chi connectivity index (χ2n) is 7.74. The summed E-state index contributed by atoms with van der Waals surface area (Å²) in [4.78, 5) is 14.2. The molecular formula is C17H32N2O2. The number of rotatable bonds is 3. The van der Waals surface area contributed by atoms with Crippen LogP contribution in [0.15, 0.2) is 0 Å². The summed E-state index contributed by atoms with van der Waals surface area (Å²) in [5.41, 5.74) is -0.412. The van der Waals surface area contributed by atoms with Gasteiger partial charge in [-0.2, -0.15) is 0 Å². The number of hydrogen-bond donors (Lipinski definition) is 1. The fraction of sp³-hybridized carbons (Fsp3) is 0.941. The van der Waals surface area contributed by atoms with Gasteiger partial charge >= 0.3 is 6.09 Å². The standard InChI is InChI=1S/C17H32N2O2/c1-5-13-10-15(18-14-8-6-7-9-14)12-19(11-13)16(20)21-17(2,3)4/h13-15,18H,5-12H2,1-4H3. The molecule has 4 nitrogen and oxygen atoms in total. The molecule has 0 bridgehead atoms. The summed E-state index contributed by atoms with van der Waals surface area (Å²) in [6.45, 7) is 9.65. The van der Waals surface area contributed by atoms with Crippen molar-refractivity contribution < 1.29 is 9.53 Å². The summed E-state index contributed by atoms with van der Waals surface area (Å²) in [6.07, 6.45) is 7.43. The Bertz CT molecular complexity index is 345. The van der Waals surface area contributed by atoms with Gasteiger partial charge in [0, 0.05) is 25.2 Å². The second-order valence-corrected chi connectivity index (χ2v) is 7.74. The Hall–Kier alpha value is -0.770. The Morgan fingerprint density at radius 1 is 1.19 bits per heavy atom. The van der Waals surface area contributed by atoms with Gasteiger partial charge in [-0.05, 0) is 46.0 Å². The lowest BCUT2D eigenvalue weighted by atomic mass is 9.92. The van der Waals surface area contributed by atoms with Crippen molar-refractivity contribution >= 4 is 6.09 Å². The van der Waals surface area contributed by atoms with Crippen LogP contribution in [-0.2, 0) is 4.74 Å². The number of carbonyl (C=O) groups is 1. The first-order valence-corrected chi connectivity index (χ1v) is 8.61. The Kier molecular flexibility index (Phi) is 5.53. The van der Waals surface area contributed by atoms with Crippen molar-refractivity contribution in [3.63, 3.8) is 0 Å². The van der Waals surface area contributed by atoms with E-state index in [9.17, 15) is 4.79 Å². The third-order valence-corrected chi connectivity index (χ3v) is 4.59. The summed E-state index contributed by atoms with van der Waals surface area (Å²) in [5.74, 6) is 0.588. The van der Waals surface area contributed by atoms with Gasteiger partial charge < -0.3 is 15.0 Å². The normalized spacial score (nSPS) is 27.9. The number of nitrogens with one attached hydrogen (secondary N) is 1. The van der Waals surface area contributed by atoms with Gasteiger partial charge in [-0.1, -0.05) is 26.2 Å². The predicted octanol–water partition coefficient (Wildman–Crippen LogP) is 3.55. The number of likely N-dealkylation sites (tertiary alicyclic amines) is 1. The first-order chi connectivity index (χ1) is 9.87. The molecule has 1 saturated heterocycles. The number of nitrogens with zero attached hydrogens (tertiary/aromatic N) is 1. The Morgan fingerprint density at radius 3 is 2.43 bits per heavy atom. The molecule has 1 N–H and O–H groups in total. The third kappa shape index (κ3) is 5.17. The van der Waals surface area contributed by atoms with E-state index < -0.39 is 5.60 Å². The molecular weight excluding hydrogens is 264 g/mol. The van der Waals surface area contributed by atoms with Gasteiger partial charge in [-0.25, -0.2) is 4.79 Å². The summed E-state index contributed by atoms with van der Waals surface area (Å²) in [5, 5.41) is 3.78. The van der Waals surface area contributed by atoms with Gasteiger partial charge in [0.2, 0.25) is 0 Å².